The first kappa shape index (κ1) is 14.1. The first-order valence-electron chi connectivity index (χ1n) is 7.64. The van der Waals surface area contributed by atoms with E-state index in [0.717, 1.165) is 12.0 Å². The zero-order valence-corrected chi connectivity index (χ0v) is 11.9. The second kappa shape index (κ2) is 7.32. The Morgan fingerprint density at radius 3 is 2.79 bits per heavy atom. The van der Waals surface area contributed by atoms with Crippen molar-refractivity contribution in [3.05, 3.63) is 29.3 Å². The van der Waals surface area contributed by atoms with Gasteiger partial charge in [-0.3, -0.25) is 4.99 Å². The van der Waals surface area contributed by atoms with E-state index in [-0.39, 0.29) is 0 Å². The summed E-state index contributed by atoms with van der Waals surface area (Å²) < 4.78 is 0. The lowest BCUT2D eigenvalue weighted by Gasteiger charge is -2.17. The number of nitrogens with zero attached hydrogens (tertiary/aromatic N) is 1. The number of rotatable bonds is 5. The summed E-state index contributed by atoms with van der Waals surface area (Å²) in [6, 6.07) is 6.36. The third kappa shape index (κ3) is 4.38. The Hall–Kier alpha value is -1.31. The molecule has 0 aliphatic heterocycles. The molecule has 0 unspecified atom stereocenters. The van der Waals surface area contributed by atoms with Gasteiger partial charge in [-0.25, -0.2) is 0 Å². The van der Waals surface area contributed by atoms with Gasteiger partial charge in [-0.05, 0) is 43.4 Å². The fourth-order valence-electron chi connectivity index (χ4n) is 2.66. The summed E-state index contributed by atoms with van der Waals surface area (Å²) in [5.41, 5.74) is 2.17. The molecule has 1 N–H and O–H groups in total. The van der Waals surface area contributed by atoms with E-state index in [1.807, 2.05) is 12.3 Å². The number of hydrogen-bond acceptors (Lipinski definition) is 2. The van der Waals surface area contributed by atoms with Crippen LogP contribution in [0.25, 0.3) is 0 Å². The van der Waals surface area contributed by atoms with Gasteiger partial charge in [0.15, 0.2) is 0 Å². The molecule has 0 saturated heterocycles. The summed E-state index contributed by atoms with van der Waals surface area (Å²) in [6.07, 6.45) is 11.7. The van der Waals surface area contributed by atoms with Crippen LogP contribution in [-0.2, 0) is 6.42 Å². The van der Waals surface area contributed by atoms with Crippen LogP contribution in [0.5, 0.6) is 5.75 Å². The molecular weight excluding hydrogens is 234 g/mol. The lowest BCUT2D eigenvalue weighted by Crippen LogP contribution is -2.09. The molecule has 0 spiro atoms. The third-order valence-electron chi connectivity index (χ3n) is 3.91. The zero-order chi connectivity index (χ0) is 13.5. The van der Waals surface area contributed by atoms with Crippen molar-refractivity contribution in [3.63, 3.8) is 0 Å². The Morgan fingerprint density at radius 2 is 2.05 bits per heavy atom. The zero-order valence-electron chi connectivity index (χ0n) is 11.9. The van der Waals surface area contributed by atoms with Crippen molar-refractivity contribution in [2.45, 2.75) is 64.3 Å². The van der Waals surface area contributed by atoms with Gasteiger partial charge in [-0.15, -0.1) is 0 Å². The molecule has 2 nitrogen and oxygen atoms in total. The highest BCUT2D eigenvalue weighted by Gasteiger charge is 2.11. The van der Waals surface area contributed by atoms with Gasteiger partial charge in [0.05, 0.1) is 0 Å². The standard InChI is InChI=1S/C17H25NO/c1-2-3-7-14-10-11-17(19)15(12-14)13-18-16-8-5-4-6-9-16/h10-13,16,19H,2-9H2,1H3. The molecule has 0 heterocycles. The molecule has 0 aromatic heterocycles. The minimum absolute atomic E-state index is 0.347. The van der Waals surface area contributed by atoms with Crippen LogP contribution in [0.15, 0.2) is 23.2 Å². The number of aromatic hydroxyl groups is 1. The topological polar surface area (TPSA) is 32.6 Å². The maximum atomic E-state index is 9.90. The monoisotopic (exact) mass is 259 g/mol. The highest BCUT2D eigenvalue weighted by molar-refractivity contribution is 5.83. The van der Waals surface area contributed by atoms with E-state index in [4.69, 9.17) is 0 Å². The van der Waals surface area contributed by atoms with Gasteiger partial charge in [-0.1, -0.05) is 38.7 Å². The van der Waals surface area contributed by atoms with Crippen molar-refractivity contribution in [2.75, 3.05) is 0 Å². The number of benzene rings is 1. The summed E-state index contributed by atoms with van der Waals surface area (Å²) in [4.78, 5) is 4.65. The van der Waals surface area contributed by atoms with Gasteiger partial charge < -0.3 is 5.11 Å². The molecule has 0 bridgehead atoms. The van der Waals surface area contributed by atoms with Crippen molar-refractivity contribution >= 4 is 6.21 Å². The minimum Gasteiger partial charge on any atom is -0.507 e. The quantitative estimate of drug-likeness (QED) is 0.777. The molecule has 1 saturated carbocycles. The molecular formula is C17H25NO. The average Bonchev–Trinajstić information content (AvgIpc) is 2.46. The summed E-state index contributed by atoms with van der Waals surface area (Å²) in [5.74, 6) is 0.347. The van der Waals surface area contributed by atoms with Gasteiger partial charge in [0, 0.05) is 17.8 Å². The molecule has 1 fully saturated rings. The van der Waals surface area contributed by atoms with Crippen LogP contribution in [0.4, 0.5) is 0 Å². The van der Waals surface area contributed by atoms with Crippen molar-refractivity contribution in [1.29, 1.82) is 0 Å². The number of hydrogen-bond donors (Lipinski definition) is 1. The maximum absolute atomic E-state index is 9.90. The second-order valence-corrected chi connectivity index (χ2v) is 5.57. The third-order valence-corrected chi connectivity index (χ3v) is 3.91. The highest BCUT2D eigenvalue weighted by atomic mass is 16.3. The van der Waals surface area contributed by atoms with Crippen LogP contribution in [-0.4, -0.2) is 17.4 Å². The van der Waals surface area contributed by atoms with E-state index < -0.39 is 0 Å². The SMILES string of the molecule is CCCCc1ccc(O)c(C=NC2CCCCC2)c1. The predicted octanol–water partition coefficient (Wildman–Crippen LogP) is 4.49. The molecule has 1 aromatic rings. The van der Waals surface area contributed by atoms with Crippen molar-refractivity contribution in [2.24, 2.45) is 4.99 Å². The Labute approximate surface area is 116 Å². The summed E-state index contributed by atoms with van der Waals surface area (Å²) >= 11 is 0. The van der Waals surface area contributed by atoms with Crippen LogP contribution >= 0.6 is 0 Å². The van der Waals surface area contributed by atoms with E-state index in [1.165, 1.54) is 50.5 Å². The smallest absolute Gasteiger partial charge is 0.124 e. The summed E-state index contributed by atoms with van der Waals surface area (Å²) in [5, 5.41) is 9.90. The first-order valence-corrected chi connectivity index (χ1v) is 7.64. The average molecular weight is 259 g/mol. The van der Waals surface area contributed by atoms with E-state index in [2.05, 4.69) is 18.0 Å². The van der Waals surface area contributed by atoms with E-state index in [9.17, 15) is 5.11 Å². The molecule has 104 valence electrons. The van der Waals surface area contributed by atoms with Crippen LogP contribution in [0.1, 0.15) is 63.0 Å². The highest BCUT2D eigenvalue weighted by Crippen LogP contribution is 2.22. The van der Waals surface area contributed by atoms with Gasteiger partial charge in [-0.2, -0.15) is 0 Å². The van der Waals surface area contributed by atoms with Gasteiger partial charge in [0.2, 0.25) is 0 Å². The fourth-order valence-corrected chi connectivity index (χ4v) is 2.66. The van der Waals surface area contributed by atoms with Crippen LogP contribution in [0.2, 0.25) is 0 Å². The van der Waals surface area contributed by atoms with E-state index in [1.54, 1.807) is 6.07 Å². The second-order valence-electron chi connectivity index (χ2n) is 5.57. The molecule has 0 amide bonds. The normalized spacial score (nSPS) is 17.1. The lowest BCUT2D eigenvalue weighted by atomic mass is 9.96. The number of phenolic OH excluding ortho intramolecular Hbond substituents is 1. The Balaban J connectivity index is 2.03. The number of aliphatic imine (C=N–C) groups is 1. The van der Waals surface area contributed by atoms with Crippen molar-refractivity contribution < 1.29 is 5.11 Å². The Kier molecular flexibility index (Phi) is 5.44. The molecule has 1 aliphatic carbocycles. The maximum Gasteiger partial charge on any atom is 0.124 e. The number of aryl methyl sites for hydroxylation is 1. The van der Waals surface area contributed by atoms with E-state index in [0.29, 0.717) is 11.8 Å². The van der Waals surface area contributed by atoms with Gasteiger partial charge in [0.25, 0.3) is 0 Å². The van der Waals surface area contributed by atoms with Gasteiger partial charge in [0.1, 0.15) is 5.75 Å². The largest absolute Gasteiger partial charge is 0.507 e. The fraction of sp³-hybridized carbons (Fsp3) is 0.588. The molecule has 1 aromatic carbocycles. The number of phenols is 1. The lowest BCUT2D eigenvalue weighted by molar-refractivity contribution is 0.444. The molecule has 0 atom stereocenters. The van der Waals surface area contributed by atoms with Crippen molar-refractivity contribution in [3.8, 4) is 5.75 Å². The summed E-state index contributed by atoms with van der Waals surface area (Å²) in [6.45, 7) is 2.20. The van der Waals surface area contributed by atoms with E-state index >= 15 is 0 Å². The first-order chi connectivity index (χ1) is 9.29. The molecule has 2 heteroatoms. The molecule has 2 rings (SSSR count). The van der Waals surface area contributed by atoms with Crippen LogP contribution < -0.4 is 0 Å². The van der Waals surface area contributed by atoms with Crippen molar-refractivity contribution in [1.82, 2.24) is 0 Å². The Bertz CT molecular complexity index is 419. The number of unbranched alkanes of at least 4 members (excludes halogenated alkanes) is 1. The molecule has 19 heavy (non-hydrogen) atoms. The summed E-state index contributed by atoms with van der Waals surface area (Å²) in [7, 11) is 0. The van der Waals surface area contributed by atoms with Crippen LogP contribution in [0, 0.1) is 0 Å². The Morgan fingerprint density at radius 1 is 1.26 bits per heavy atom. The predicted molar refractivity (Wildman–Crippen MR) is 81.2 cm³/mol. The molecule has 1 aliphatic rings. The minimum atomic E-state index is 0.347. The van der Waals surface area contributed by atoms with Crippen LogP contribution in [0.3, 0.4) is 0 Å². The molecule has 0 radical (unpaired) electrons. The van der Waals surface area contributed by atoms with Gasteiger partial charge >= 0.3 is 0 Å².